The van der Waals surface area contributed by atoms with Crippen LogP contribution >= 0.6 is 0 Å². The van der Waals surface area contributed by atoms with Crippen LogP contribution in [-0.2, 0) is 6.42 Å². The number of methoxy groups -OCH3 is 1. The summed E-state index contributed by atoms with van der Waals surface area (Å²) in [7, 11) is 1.45. The van der Waals surface area contributed by atoms with E-state index in [4.69, 9.17) is 9.15 Å². The topological polar surface area (TPSA) is 142 Å². The van der Waals surface area contributed by atoms with Crippen molar-refractivity contribution < 1.29 is 28.6 Å². The summed E-state index contributed by atoms with van der Waals surface area (Å²) in [5.74, 6) is -0.890. The van der Waals surface area contributed by atoms with Crippen LogP contribution in [0.4, 0.5) is 0 Å². The summed E-state index contributed by atoms with van der Waals surface area (Å²) in [6, 6.07) is 12.8. The minimum Gasteiger partial charge on any atom is -0.507 e. The maximum Gasteiger partial charge on any atom is 0.305 e. The Bertz CT molecular complexity index is 1330. The van der Waals surface area contributed by atoms with Gasteiger partial charge in [-0.2, -0.15) is 5.10 Å². The second kappa shape index (κ2) is 10.1. The highest BCUT2D eigenvalue weighted by atomic mass is 16.5. The lowest BCUT2D eigenvalue weighted by Crippen LogP contribution is -2.41. The third kappa shape index (κ3) is 4.86. The van der Waals surface area contributed by atoms with Crippen molar-refractivity contribution in [3.8, 4) is 11.5 Å². The van der Waals surface area contributed by atoms with Crippen LogP contribution in [-0.4, -0.2) is 35.6 Å². The van der Waals surface area contributed by atoms with Crippen LogP contribution in [0, 0.1) is 6.92 Å². The van der Waals surface area contributed by atoms with E-state index in [1.807, 2.05) is 0 Å². The number of hydrazine groups is 1. The summed E-state index contributed by atoms with van der Waals surface area (Å²) in [6.45, 7) is 1.71. The van der Waals surface area contributed by atoms with Crippen molar-refractivity contribution in [3.63, 3.8) is 0 Å². The molecule has 0 bridgehead atoms. The Morgan fingerprint density at radius 2 is 1.63 bits per heavy atom. The highest BCUT2D eigenvalue weighted by Crippen LogP contribution is 2.30. The molecular formula is C25H24N4O6. The van der Waals surface area contributed by atoms with Crippen molar-refractivity contribution in [2.45, 2.75) is 26.2 Å². The maximum atomic E-state index is 12.8. The minimum absolute atomic E-state index is 0.0388. The van der Waals surface area contributed by atoms with Gasteiger partial charge in [0.2, 0.25) is 0 Å². The molecule has 4 N–H and O–H groups in total. The number of phenols is 1. The molecule has 1 aliphatic rings. The van der Waals surface area contributed by atoms with Gasteiger partial charge in [-0.15, -0.1) is 0 Å². The number of furan rings is 1. The number of hydrazone groups is 1. The molecule has 180 valence electrons. The smallest absolute Gasteiger partial charge is 0.305 e. The third-order valence-electron chi connectivity index (χ3n) is 5.61. The van der Waals surface area contributed by atoms with Gasteiger partial charge in [0.15, 0.2) is 5.76 Å². The number of benzene rings is 2. The van der Waals surface area contributed by atoms with Crippen LogP contribution in [0.5, 0.6) is 11.5 Å². The first-order valence-electron chi connectivity index (χ1n) is 10.9. The molecule has 35 heavy (non-hydrogen) atoms. The largest absolute Gasteiger partial charge is 0.507 e. The number of carbonyl (C=O) groups is 3. The first-order chi connectivity index (χ1) is 16.9. The second-order valence-electron chi connectivity index (χ2n) is 7.83. The zero-order valence-electron chi connectivity index (χ0n) is 19.2. The summed E-state index contributed by atoms with van der Waals surface area (Å²) in [4.78, 5) is 37.7. The number of carbonyl (C=O) groups excluding carboxylic acids is 3. The molecule has 0 unspecified atom stereocenters. The minimum atomic E-state index is -0.627. The van der Waals surface area contributed by atoms with Crippen LogP contribution in [0.2, 0.25) is 0 Å². The highest BCUT2D eigenvalue weighted by molar-refractivity contribution is 6.07. The van der Waals surface area contributed by atoms with Gasteiger partial charge in [0, 0.05) is 17.5 Å². The third-order valence-corrected chi connectivity index (χ3v) is 5.61. The molecule has 0 fully saturated rings. The van der Waals surface area contributed by atoms with E-state index >= 15 is 0 Å². The number of aromatic hydroxyl groups is 1. The molecule has 0 saturated heterocycles. The fourth-order valence-electron chi connectivity index (χ4n) is 3.91. The molecule has 4 rings (SSSR count). The van der Waals surface area contributed by atoms with E-state index in [0.717, 1.165) is 6.42 Å². The molecule has 1 heterocycles. The van der Waals surface area contributed by atoms with Gasteiger partial charge in [0.25, 0.3) is 11.8 Å². The quantitative estimate of drug-likeness (QED) is 0.417. The monoisotopic (exact) mass is 476 g/mol. The van der Waals surface area contributed by atoms with Crippen molar-refractivity contribution in [2.75, 3.05) is 7.11 Å². The van der Waals surface area contributed by atoms with E-state index in [1.54, 1.807) is 43.3 Å². The van der Waals surface area contributed by atoms with Gasteiger partial charge in [-0.3, -0.25) is 25.2 Å². The van der Waals surface area contributed by atoms with Gasteiger partial charge in [-0.25, -0.2) is 5.43 Å². The fourth-order valence-corrected chi connectivity index (χ4v) is 3.91. The number of nitrogens with zero attached hydrogens (tertiary/aromatic N) is 1. The van der Waals surface area contributed by atoms with E-state index in [-0.39, 0.29) is 22.6 Å². The molecular weight excluding hydrogens is 452 g/mol. The van der Waals surface area contributed by atoms with E-state index in [9.17, 15) is 19.5 Å². The Kier molecular flexibility index (Phi) is 6.81. The molecule has 3 aromatic rings. The summed E-state index contributed by atoms with van der Waals surface area (Å²) in [5, 5.41) is 14.1. The molecule has 0 aliphatic heterocycles. The number of rotatable bonds is 5. The van der Waals surface area contributed by atoms with Crippen molar-refractivity contribution in [2.24, 2.45) is 5.10 Å². The standard InChI is InChI=1S/C25H24N4O6/c1-14-21-17(26-27-23(31)15-8-3-5-11-18(15)30)10-7-13-20(21)35-22(14)25(33)29-28-24(32)16-9-4-6-12-19(16)34-2/h3-6,8-9,11-12,30H,7,10,13H2,1-2H3,(H,27,31)(H,28,32)(H,29,33)/b26-17+. The lowest BCUT2D eigenvalue weighted by Gasteiger charge is -2.13. The lowest BCUT2D eigenvalue weighted by molar-refractivity contribution is 0.0827. The maximum absolute atomic E-state index is 12.8. The van der Waals surface area contributed by atoms with E-state index < -0.39 is 17.7 Å². The summed E-state index contributed by atoms with van der Waals surface area (Å²) >= 11 is 0. The van der Waals surface area contributed by atoms with Gasteiger partial charge in [-0.1, -0.05) is 24.3 Å². The summed E-state index contributed by atoms with van der Waals surface area (Å²) in [6.07, 6.45) is 1.89. The molecule has 1 aromatic heterocycles. The molecule has 0 saturated carbocycles. The number of fused-ring (bicyclic) bond motifs is 1. The molecule has 0 atom stereocenters. The number of phenolic OH excluding ortho intramolecular Hbond substituents is 1. The Balaban J connectivity index is 1.49. The van der Waals surface area contributed by atoms with E-state index in [0.29, 0.717) is 41.2 Å². The molecule has 0 spiro atoms. The molecule has 10 nitrogen and oxygen atoms in total. The first-order valence-corrected chi connectivity index (χ1v) is 10.9. The highest BCUT2D eigenvalue weighted by Gasteiger charge is 2.28. The Morgan fingerprint density at radius 3 is 2.37 bits per heavy atom. The van der Waals surface area contributed by atoms with Crippen molar-refractivity contribution in [1.82, 2.24) is 16.3 Å². The molecule has 10 heteroatoms. The molecule has 2 aromatic carbocycles. The Labute approximate surface area is 200 Å². The van der Waals surface area contributed by atoms with E-state index in [1.165, 1.54) is 19.2 Å². The number of aryl methyl sites for hydroxylation is 1. The normalized spacial score (nSPS) is 13.6. The number of para-hydroxylation sites is 2. The van der Waals surface area contributed by atoms with Crippen molar-refractivity contribution in [3.05, 3.63) is 82.3 Å². The summed E-state index contributed by atoms with van der Waals surface area (Å²) in [5.41, 5.74) is 9.31. The van der Waals surface area contributed by atoms with Gasteiger partial charge in [0.05, 0.1) is 23.9 Å². The number of nitrogens with one attached hydrogen (secondary N) is 3. The van der Waals surface area contributed by atoms with Crippen LogP contribution in [0.3, 0.4) is 0 Å². The predicted molar refractivity (Wildman–Crippen MR) is 126 cm³/mol. The SMILES string of the molecule is COc1ccccc1C(=O)NNC(=O)c1oc2c(c1C)/C(=N/NC(=O)c1ccccc1O)CCC2. The summed E-state index contributed by atoms with van der Waals surface area (Å²) < 4.78 is 11.0. The van der Waals surface area contributed by atoms with Crippen molar-refractivity contribution in [1.29, 1.82) is 0 Å². The number of amides is 3. The fraction of sp³-hybridized carbons (Fsp3) is 0.200. The predicted octanol–water partition coefficient (Wildman–Crippen LogP) is 2.85. The molecule has 3 amide bonds. The van der Waals surface area contributed by atoms with E-state index in [2.05, 4.69) is 21.4 Å². The van der Waals surface area contributed by atoms with Crippen LogP contribution in [0.1, 0.15) is 61.0 Å². The average Bonchev–Trinajstić information content (AvgIpc) is 3.22. The Hall–Kier alpha value is -4.60. The number of hydrogen-bond donors (Lipinski definition) is 4. The second-order valence-corrected chi connectivity index (χ2v) is 7.83. The molecule has 0 radical (unpaired) electrons. The first kappa shape index (κ1) is 23.6. The average molecular weight is 476 g/mol. The van der Waals surface area contributed by atoms with Crippen molar-refractivity contribution >= 4 is 23.4 Å². The zero-order chi connectivity index (χ0) is 24.9. The van der Waals surface area contributed by atoms with Gasteiger partial charge in [0.1, 0.15) is 17.3 Å². The van der Waals surface area contributed by atoms with Crippen LogP contribution in [0.15, 0.2) is 58.0 Å². The van der Waals surface area contributed by atoms with Crippen LogP contribution < -0.4 is 21.0 Å². The number of hydrogen-bond acceptors (Lipinski definition) is 7. The van der Waals surface area contributed by atoms with Crippen LogP contribution in [0.25, 0.3) is 0 Å². The van der Waals surface area contributed by atoms with Gasteiger partial charge in [-0.05, 0) is 44.0 Å². The Morgan fingerprint density at radius 1 is 0.943 bits per heavy atom. The molecule has 1 aliphatic carbocycles. The zero-order valence-corrected chi connectivity index (χ0v) is 19.2. The van der Waals surface area contributed by atoms with Gasteiger partial charge >= 0.3 is 5.91 Å². The van der Waals surface area contributed by atoms with Gasteiger partial charge < -0.3 is 14.3 Å². The number of ether oxygens (including phenoxy) is 1. The lowest BCUT2D eigenvalue weighted by atomic mass is 9.93.